The molecule has 0 bridgehead atoms. The van der Waals surface area contributed by atoms with Gasteiger partial charge in [0, 0.05) is 18.0 Å². The van der Waals surface area contributed by atoms with Gasteiger partial charge in [-0.1, -0.05) is 19.1 Å². The molecule has 0 fully saturated rings. The van der Waals surface area contributed by atoms with Crippen LogP contribution in [-0.2, 0) is 22.8 Å². The van der Waals surface area contributed by atoms with Crippen LogP contribution in [0.2, 0.25) is 0 Å². The molecular weight excluding hydrogens is 517 g/mol. The number of rotatable bonds is 5. The third-order valence-corrected chi connectivity index (χ3v) is 6.70. The quantitative estimate of drug-likeness (QED) is 0.383. The number of benzene rings is 2. The van der Waals surface area contributed by atoms with Gasteiger partial charge in [0.2, 0.25) is 0 Å². The minimum atomic E-state index is -5.03. The molecule has 1 aliphatic heterocycles. The second kappa shape index (κ2) is 10.4. The van der Waals surface area contributed by atoms with E-state index in [0.29, 0.717) is 29.8 Å². The van der Waals surface area contributed by atoms with Crippen molar-refractivity contribution in [2.75, 3.05) is 4.90 Å². The number of amides is 1. The van der Waals surface area contributed by atoms with Gasteiger partial charge in [-0.25, -0.2) is 9.18 Å². The fourth-order valence-electron chi connectivity index (χ4n) is 4.76. The van der Waals surface area contributed by atoms with E-state index in [4.69, 9.17) is 10.5 Å². The molecule has 0 saturated heterocycles. The molecule has 0 saturated carbocycles. The zero-order chi connectivity index (χ0) is 28.8. The van der Waals surface area contributed by atoms with E-state index < -0.39 is 59.3 Å². The molecule has 210 valence electrons. The van der Waals surface area contributed by atoms with Crippen LogP contribution in [0.4, 0.5) is 41.2 Å². The normalized spacial score (nSPS) is 19.4. The van der Waals surface area contributed by atoms with Crippen LogP contribution in [0.3, 0.4) is 0 Å². The fourth-order valence-corrected chi connectivity index (χ4v) is 4.76. The molecular formula is C27H31F7N2O2. The molecule has 3 atom stereocenters. The van der Waals surface area contributed by atoms with Gasteiger partial charge in [0.1, 0.15) is 5.67 Å². The smallest absolute Gasteiger partial charge is 0.416 e. The summed E-state index contributed by atoms with van der Waals surface area (Å²) in [6, 6.07) is 3.93. The Bertz CT molecular complexity index is 1140. The van der Waals surface area contributed by atoms with Crippen LogP contribution in [0, 0.1) is 0 Å². The lowest BCUT2D eigenvalue weighted by Crippen LogP contribution is -2.47. The van der Waals surface area contributed by atoms with Gasteiger partial charge in [-0.15, -0.1) is 0 Å². The molecule has 0 unspecified atom stereocenters. The average molecular weight is 549 g/mol. The number of hydrogen-bond donors (Lipinski definition) is 1. The van der Waals surface area contributed by atoms with E-state index in [-0.39, 0.29) is 23.6 Å². The zero-order valence-electron chi connectivity index (χ0n) is 21.7. The number of hydrogen-bond acceptors (Lipinski definition) is 3. The number of nitrogens with two attached hydrogens (primary N) is 1. The summed E-state index contributed by atoms with van der Waals surface area (Å²) in [6.07, 6.45) is -10.7. The minimum Gasteiger partial charge on any atom is -0.446 e. The van der Waals surface area contributed by atoms with Crippen molar-refractivity contribution in [3.05, 3.63) is 64.2 Å². The number of ether oxygens (including phenoxy) is 1. The minimum absolute atomic E-state index is 0.0489. The third-order valence-electron chi connectivity index (χ3n) is 6.70. The SMILES string of the molecule is CC[C@@H]1C[C@@H]([C@H](N)c2cc(C(F)(F)F)cc(C(F)(F)F)c2)c2cc(C(C)(C)F)ccc2N1C(=O)OC(C)C. The van der Waals surface area contributed by atoms with Gasteiger partial charge in [-0.05, 0) is 81.5 Å². The first kappa shape index (κ1) is 29.7. The Morgan fingerprint density at radius 1 is 0.974 bits per heavy atom. The predicted octanol–water partition coefficient (Wildman–Crippen LogP) is 8.25. The summed E-state index contributed by atoms with van der Waals surface area (Å²) >= 11 is 0. The zero-order valence-corrected chi connectivity index (χ0v) is 21.7. The average Bonchev–Trinajstić information content (AvgIpc) is 2.79. The highest BCUT2D eigenvalue weighted by molar-refractivity contribution is 5.90. The number of carbonyl (C=O) groups excluding carboxylic acids is 1. The predicted molar refractivity (Wildman–Crippen MR) is 129 cm³/mol. The highest BCUT2D eigenvalue weighted by atomic mass is 19.4. The van der Waals surface area contributed by atoms with Crippen molar-refractivity contribution in [1.82, 2.24) is 0 Å². The number of alkyl halides is 7. The second-order valence-corrected chi connectivity index (χ2v) is 10.3. The maximum absolute atomic E-state index is 14.9. The molecule has 38 heavy (non-hydrogen) atoms. The van der Waals surface area contributed by atoms with E-state index in [1.807, 2.05) is 0 Å². The maximum atomic E-state index is 14.9. The summed E-state index contributed by atoms with van der Waals surface area (Å²) in [7, 11) is 0. The Morgan fingerprint density at radius 3 is 1.97 bits per heavy atom. The van der Waals surface area contributed by atoms with Gasteiger partial charge >= 0.3 is 18.4 Å². The number of nitrogens with zero attached hydrogens (tertiary/aromatic N) is 1. The standard InChI is InChI=1S/C27H31F7N2O2/c1-6-19-13-21(23(35)15-9-17(26(29,30)31)11-18(10-15)27(32,33)34)20-12-16(25(4,5)28)7-8-22(20)36(19)24(37)38-14(2)3/h7-12,14,19,21,23H,6,13,35H2,1-5H3/t19-,21-,23-/m1/s1. The van der Waals surface area contributed by atoms with E-state index in [1.165, 1.54) is 36.9 Å². The van der Waals surface area contributed by atoms with E-state index >= 15 is 0 Å². The molecule has 2 aromatic rings. The van der Waals surface area contributed by atoms with Gasteiger partial charge in [0.15, 0.2) is 0 Å². The molecule has 0 radical (unpaired) electrons. The Morgan fingerprint density at radius 2 is 1.53 bits per heavy atom. The van der Waals surface area contributed by atoms with Crippen LogP contribution in [-0.4, -0.2) is 18.2 Å². The van der Waals surface area contributed by atoms with Crippen LogP contribution >= 0.6 is 0 Å². The van der Waals surface area contributed by atoms with Crippen LogP contribution in [0.15, 0.2) is 36.4 Å². The van der Waals surface area contributed by atoms with E-state index in [9.17, 15) is 35.5 Å². The largest absolute Gasteiger partial charge is 0.446 e. The van der Waals surface area contributed by atoms with E-state index in [2.05, 4.69) is 0 Å². The lowest BCUT2D eigenvalue weighted by atomic mass is 9.76. The van der Waals surface area contributed by atoms with Crippen LogP contribution in [0.5, 0.6) is 0 Å². The molecule has 2 aromatic carbocycles. The number of halogens is 7. The molecule has 1 heterocycles. The van der Waals surface area contributed by atoms with Crippen molar-refractivity contribution < 1.29 is 40.3 Å². The maximum Gasteiger partial charge on any atom is 0.416 e. The van der Waals surface area contributed by atoms with Crippen molar-refractivity contribution in [2.45, 2.75) is 89.6 Å². The number of anilines is 1. The molecule has 4 nitrogen and oxygen atoms in total. The molecule has 11 heteroatoms. The van der Waals surface area contributed by atoms with Gasteiger partial charge in [0.05, 0.1) is 22.9 Å². The van der Waals surface area contributed by atoms with E-state index in [0.717, 1.165) is 0 Å². The first-order chi connectivity index (χ1) is 17.3. The Hall–Kier alpha value is -2.82. The number of carbonyl (C=O) groups is 1. The van der Waals surface area contributed by atoms with Gasteiger partial charge in [-0.3, -0.25) is 4.90 Å². The van der Waals surface area contributed by atoms with Crippen molar-refractivity contribution in [2.24, 2.45) is 5.73 Å². The number of fused-ring (bicyclic) bond motifs is 1. The van der Waals surface area contributed by atoms with Crippen molar-refractivity contribution >= 4 is 11.8 Å². The van der Waals surface area contributed by atoms with Gasteiger partial charge in [-0.2, -0.15) is 26.3 Å². The monoisotopic (exact) mass is 548 g/mol. The van der Waals surface area contributed by atoms with E-state index in [1.54, 1.807) is 20.8 Å². The van der Waals surface area contributed by atoms with Crippen LogP contribution < -0.4 is 10.6 Å². The lowest BCUT2D eigenvalue weighted by molar-refractivity contribution is -0.143. The Labute approximate surface area is 216 Å². The van der Waals surface area contributed by atoms with Crippen LogP contribution in [0.25, 0.3) is 0 Å². The summed E-state index contributed by atoms with van der Waals surface area (Å²) in [5.41, 5.74) is 2.20. The van der Waals surface area contributed by atoms with Crippen molar-refractivity contribution in [3.63, 3.8) is 0 Å². The highest BCUT2D eigenvalue weighted by Crippen LogP contribution is 2.48. The highest BCUT2D eigenvalue weighted by Gasteiger charge is 2.42. The van der Waals surface area contributed by atoms with Gasteiger partial charge < -0.3 is 10.5 Å². The second-order valence-electron chi connectivity index (χ2n) is 10.3. The molecule has 0 aliphatic carbocycles. The third kappa shape index (κ3) is 6.24. The first-order valence-electron chi connectivity index (χ1n) is 12.2. The molecule has 1 amide bonds. The molecule has 3 rings (SSSR count). The Kier molecular flexibility index (Phi) is 8.13. The Balaban J connectivity index is 2.22. The fraction of sp³-hybridized carbons (Fsp3) is 0.519. The molecule has 0 spiro atoms. The first-order valence-corrected chi connectivity index (χ1v) is 12.2. The summed E-state index contributed by atoms with van der Waals surface area (Å²) in [4.78, 5) is 14.4. The lowest BCUT2D eigenvalue weighted by Gasteiger charge is -2.42. The summed E-state index contributed by atoms with van der Waals surface area (Å²) < 4.78 is 101. The molecule has 1 aliphatic rings. The molecule has 0 aromatic heterocycles. The molecule has 2 N–H and O–H groups in total. The summed E-state index contributed by atoms with van der Waals surface area (Å²) in [5, 5.41) is 0. The summed E-state index contributed by atoms with van der Waals surface area (Å²) in [5.74, 6) is -0.815. The van der Waals surface area contributed by atoms with Crippen molar-refractivity contribution in [3.8, 4) is 0 Å². The van der Waals surface area contributed by atoms with Gasteiger partial charge in [0.25, 0.3) is 0 Å². The summed E-state index contributed by atoms with van der Waals surface area (Å²) in [6.45, 7) is 7.76. The van der Waals surface area contributed by atoms with Crippen LogP contribution in [0.1, 0.15) is 87.2 Å². The van der Waals surface area contributed by atoms with Crippen molar-refractivity contribution in [1.29, 1.82) is 0 Å². The topological polar surface area (TPSA) is 55.6 Å².